The maximum Gasteiger partial charge on any atom is 0.255 e. The molecule has 1 saturated heterocycles. The highest BCUT2D eigenvalue weighted by atomic mass is 32.2. The van der Waals surface area contributed by atoms with Crippen LogP contribution in [0.2, 0.25) is 0 Å². The van der Waals surface area contributed by atoms with Gasteiger partial charge in [-0.2, -0.15) is 0 Å². The minimum atomic E-state index is -0.704. The third-order valence-electron chi connectivity index (χ3n) is 3.16. The number of hydrogen-bond donors (Lipinski definition) is 2. The van der Waals surface area contributed by atoms with Crippen molar-refractivity contribution in [2.45, 2.75) is 25.8 Å². The van der Waals surface area contributed by atoms with Gasteiger partial charge < -0.3 is 10.6 Å². The molecule has 0 spiro atoms. The van der Waals surface area contributed by atoms with E-state index < -0.39 is 10.8 Å². The molecule has 2 heterocycles. The second kappa shape index (κ2) is 6.65. The molecule has 0 unspecified atom stereocenters. The Morgan fingerprint density at radius 3 is 2.89 bits per heavy atom. The van der Waals surface area contributed by atoms with Gasteiger partial charge in [0.15, 0.2) is 0 Å². The summed E-state index contributed by atoms with van der Waals surface area (Å²) in [5, 5.41) is 6.15. The van der Waals surface area contributed by atoms with Crippen LogP contribution in [0.5, 0.6) is 0 Å². The molecule has 1 amide bonds. The van der Waals surface area contributed by atoms with Gasteiger partial charge in [-0.3, -0.25) is 14.0 Å². The van der Waals surface area contributed by atoms with Crippen LogP contribution in [0.1, 0.15) is 30.1 Å². The Hall–Kier alpha value is -1.43. The van der Waals surface area contributed by atoms with E-state index in [2.05, 4.69) is 15.6 Å². The topological polar surface area (TPSA) is 71.1 Å². The molecule has 1 fully saturated rings. The number of amides is 1. The Balaban J connectivity index is 2.01. The summed E-state index contributed by atoms with van der Waals surface area (Å²) < 4.78 is 11.3. The Labute approximate surface area is 115 Å². The van der Waals surface area contributed by atoms with Gasteiger partial charge in [0, 0.05) is 47.3 Å². The lowest BCUT2D eigenvalue weighted by molar-refractivity contribution is 0.0935. The predicted octanol–water partition coefficient (Wildman–Crippen LogP) is 1.15. The van der Waals surface area contributed by atoms with E-state index in [0.29, 0.717) is 17.1 Å². The fraction of sp³-hybridized carbons (Fsp3) is 0.538. The lowest BCUT2D eigenvalue weighted by Crippen LogP contribution is -2.39. The zero-order valence-corrected chi connectivity index (χ0v) is 11.8. The Bertz CT molecular complexity index is 469. The molecular formula is C13H19N3O2S. The van der Waals surface area contributed by atoms with Crippen LogP contribution in [0.4, 0.5) is 5.69 Å². The first-order valence-electron chi connectivity index (χ1n) is 6.54. The minimum absolute atomic E-state index is 0.110. The molecule has 0 saturated carbocycles. The SMILES string of the molecule is CCNc1ccncc1C(=O)NC1CCS(=O)CC1. The average Bonchev–Trinajstić information content (AvgIpc) is 2.42. The number of nitrogens with zero attached hydrogens (tertiary/aromatic N) is 1. The molecule has 1 aliphatic rings. The number of anilines is 1. The first kappa shape index (κ1) is 14.0. The Morgan fingerprint density at radius 2 is 2.21 bits per heavy atom. The molecule has 0 bridgehead atoms. The van der Waals surface area contributed by atoms with Crippen LogP contribution >= 0.6 is 0 Å². The number of carbonyl (C=O) groups is 1. The van der Waals surface area contributed by atoms with Gasteiger partial charge in [-0.25, -0.2) is 0 Å². The Morgan fingerprint density at radius 1 is 1.47 bits per heavy atom. The van der Waals surface area contributed by atoms with Gasteiger partial charge in [0.1, 0.15) is 0 Å². The summed E-state index contributed by atoms with van der Waals surface area (Å²) in [5.74, 6) is 1.25. The van der Waals surface area contributed by atoms with E-state index in [1.54, 1.807) is 18.5 Å². The highest BCUT2D eigenvalue weighted by Gasteiger charge is 2.21. The van der Waals surface area contributed by atoms with Gasteiger partial charge in [-0.05, 0) is 25.8 Å². The second-order valence-electron chi connectivity index (χ2n) is 4.55. The van der Waals surface area contributed by atoms with Crippen molar-refractivity contribution in [2.75, 3.05) is 23.4 Å². The molecular weight excluding hydrogens is 262 g/mol. The van der Waals surface area contributed by atoms with Crippen molar-refractivity contribution in [3.05, 3.63) is 24.0 Å². The average molecular weight is 281 g/mol. The summed E-state index contributed by atoms with van der Waals surface area (Å²) in [7, 11) is -0.704. The zero-order valence-electron chi connectivity index (χ0n) is 11.0. The summed E-state index contributed by atoms with van der Waals surface area (Å²) >= 11 is 0. The van der Waals surface area contributed by atoms with Crippen molar-refractivity contribution in [1.29, 1.82) is 0 Å². The number of rotatable bonds is 4. The second-order valence-corrected chi connectivity index (χ2v) is 6.24. The molecule has 2 N–H and O–H groups in total. The van der Waals surface area contributed by atoms with Crippen LogP contribution in [0.15, 0.2) is 18.5 Å². The molecule has 19 heavy (non-hydrogen) atoms. The largest absolute Gasteiger partial charge is 0.385 e. The van der Waals surface area contributed by atoms with Crippen molar-refractivity contribution in [1.82, 2.24) is 10.3 Å². The van der Waals surface area contributed by atoms with Crippen LogP contribution in [0, 0.1) is 0 Å². The minimum Gasteiger partial charge on any atom is -0.385 e. The van der Waals surface area contributed by atoms with Crippen molar-refractivity contribution < 1.29 is 9.00 Å². The van der Waals surface area contributed by atoms with E-state index in [-0.39, 0.29) is 11.9 Å². The number of aromatic nitrogens is 1. The fourth-order valence-corrected chi connectivity index (χ4v) is 3.42. The normalized spacial score (nSPS) is 22.8. The highest BCUT2D eigenvalue weighted by Crippen LogP contribution is 2.15. The van der Waals surface area contributed by atoms with Crippen LogP contribution in [-0.4, -0.2) is 39.2 Å². The lowest BCUT2D eigenvalue weighted by Gasteiger charge is -2.23. The van der Waals surface area contributed by atoms with E-state index >= 15 is 0 Å². The van der Waals surface area contributed by atoms with Crippen molar-refractivity contribution >= 4 is 22.4 Å². The van der Waals surface area contributed by atoms with Crippen LogP contribution in [0.25, 0.3) is 0 Å². The van der Waals surface area contributed by atoms with Crippen LogP contribution < -0.4 is 10.6 Å². The summed E-state index contributed by atoms with van der Waals surface area (Å²) in [6, 6.07) is 1.92. The molecule has 2 rings (SSSR count). The molecule has 0 aliphatic carbocycles. The number of pyridine rings is 1. The zero-order chi connectivity index (χ0) is 13.7. The third kappa shape index (κ3) is 3.76. The maximum atomic E-state index is 12.2. The summed E-state index contributed by atoms with van der Waals surface area (Å²) in [6.07, 6.45) is 4.82. The highest BCUT2D eigenvalue weighted by molar-refractivity contribution is 7.85. The molecule has 6 heteroatoms. The monoisotopic (exact) mass is 281 g/mol. The molecule has 0 atom stereocenters. The molecule has 0 aromatic carbocycles. The van der Waals surface area contributed by atoms with Crippen LogP contribution in [-0.2, 0) is 10.8 Å². The number of carbonyl (C=O) groups excluding carboxylic acids is 1. The van der Waals surface area contributed by atoms with Crippen molar-refractivity contribution in [3.63, 3.8) is 0 Å². The number of hydrogen-bond acceptors (Lipinski definition) is 4. The fourth-order valence-electron chi connectivity index (χ4n) is 2.12. The predicted molar refractivity (Wildman–Crippen MR) is 76.8 cm³/mol. The molecule has 1 aliphatic heterocycles. The van der Waals surface area contributed by atoms with Gasteiger partial charge in [0.05, 0.1) is 11.3 Å². The van der Waals surface area contributed by atoms with Gasteiger partial charge >= 0.3 is 0 Å². The lowest BCUT2D eigenvalue weighted by atomic mass is 10.1. The maximum absolute atomic E-state index is 12.2. The van der Waals surface area contributed by atoms with E-state index in [4.69, 9.17) is 0 Å². The first-order valence-corrected chi connectivity index (χ1v) is 8.03. The van der Waals surface area contributed by atoms with Gasteiger partial charge in [-0.1, -0.05) is 0 Å². The van der Waals surface area contributed by atoms with Gasteiger partial charge in [-0.15, -0.1) is 0 Å². The first-order chi connectivity index (χ1) is 9.20. The van der Waals surface area contributed by atoms with Gasteiger partial charge in [0.2, 0.25) is 0 Å². The summed E-state index contributed by atoms with van der Waals surface area (Å²) in [6.45, 7) is 2.74. The number of nitrogens with one attached hydrogen (secondary N) is 2. The smallest absolute Gasteiger partial charge is 0.255 e. The standard InChI is InChI=1S/C13H19N3O2S/c1-2-15-12-3-6-14-9-11(12)13(17)16-10-4-7-19(18)8-5-10/h3,6,9-10H,2,4-5,7-8H2,1H3,(H,14,15)(H,16,17). The molecule has 1 aromatic rings. The van der Waals surface area contributed by atoms with E-state index in [0.717, 1.165) is 25.1 Å². The molecule has 5 nitrogen and oxygen atoms in total. The van der Waals surface area contributed by atoms with Crippen molar-refractivity contribution in [3.8, 4) is 0 Å². The summed E-state index contributed by atoms with van der Waals surface area (Å²) in [5.41, 5.74) is 1.37. The van der Waals surface area contributed by atoms with Gasteiger partial charge in [0.25, 0.3) is 5.91 Å². The molecule has 104 valence electrons. The Kier molecular flexibility index (Phi) is 4.90. The van der Waals surface area contributed by atoms with E-state index in [1.165, 1.54) is 0 Å². The van der Waals surface area contributed by atoms with Crippen LogP contribution in [0.3, 0.4) is 0 Å². The quantitative estimate of drug-likeness (QED) is 0.868. The molecule has 1 aromatic heterocycles. The van der Waals surface area contributed by atoms with Crippen molar-refractivity contribution in [2.24, 2.45) is 0 Å². The molecule has 0 radical (unpaired) electrons. The summed E-state index contributed by atoms with van der Waals surface area (Å²) in [4.78, 5) is 16.2. The third-order valence-corrected chi connectivity index (χ3v) is 4.54. The van der Waals surface area contributed by atoms with E-state index in [1.807, 2.05) is 6.92 Å². The van der Waals surface area contributed by atoms with E-state index in [9.17, 15) is 9.00 Å².